The van der Waals surface area contributed by atoms with E-state index in [1.807, 2.05) is 30.3 Å². The first-order valence-corrected chi connectivity index (χ1v) is 9.39. The number of hydrogen-bond acceptors (Lipinski definition) is 8. The third-order valence-corrected chi connectivity index (χ3v) is 4.66. The van der Waals surface area contributed by atoms with Gasteiger partial charge in [0.05, 0.1) is 12.2 Å². The summed E-state index contributed by atoms with van der Waals surface area (Å²) < 4.78 is 16.1. The van der Waals surface area contributed by atoms with E-state index in [1.165, 1.54) is 0 Å². The Labute approximate surface area is 164 Å². The lowest BCUT2D eigenvalue weighted by atomic mass is 10.1. The number of fused-ring (bicyclic) bond motifs is 1. The number of nitrogens with zero attached hydrogens (tertiary/aromatic N) is 2. The monoisotopic (exact) mass is 397 g/mol. The van der Waals surface area contributed by atoms with Crippen molar-refractivity contribution in [3.8, 4) is 23.0 Å². The van der Waals surface area contributed by atoms with Gasteiger partial charge in [0.2, 0.25) is 24.5 Å². The molecule has 0 saturated heterocycles. The summed E-state index contributed by atoms with van der Waals surface area (Å²) in [6, 6.07) is 14.5. The first kappa shape index (κ1) is 18.1. The molecular weight excluding hydrogens is 382 g/mol. The molecule has 4 rings (SSSR count). The molecule has 0 radical (unpaired) electrons. The maximum atomic E-state index is 11.9. The van der Waals surface area contributed by atoms with Crippen molar-refractivity contribution >= 4 is 23.6 Å². The molecule has 1 aliphatic heterocycles. The van der Waals surface area contributed by atoms with Crippen molar-refractivity contribution in [2.24, 2.45) is 0 Å². The molecular formula is C19H15N3O5S. The van der Waals surface area contributed by atoms with Crippen LogP contribution in [0.1, 0.15) is 5.56 Å². The molecule has 8 nitrogen and oxygen atoms in total. The lowest BCUT2D eigenvalue weighted by Crippen LogP contribution is -2.33. The van der Waals surface area contributed by atoms with E-state index in [2.05, 4.69) is 15.5 Å². The molecule has 0 atom stereocenters. The average Bonchev–Trinajstić information content (AvgIpc) is 3.36. The van der Waals surface area contributed by atoms with E-state index in [4.69, 9.17) is 13.9 Å². The molecule has 28 heavy (non-hydrogen) atoms. The van der Waals surface area contributed by atoms with Crippen molar-refractivity contribution in [1.82, 2.24) is 15.5 Å². The maximum absolute atomic E-state index is 11.9. The highest BCUT2D eigenvalue weighted by molar-refractivity contribution is 7.99. The molecule has 1 N–H and O–H groups in total. The van der Waals surface area contributed by atoms with Crippen LogP contribution in [0.3, 0.4) is 0 Å². The average molecular weight is 397 g/mol. The Hall–Kier alpha value is -3.33. The van der Waals surface area contributed by atoms with Gasteiger partial charge in [-0.2, -0.15) is 0 Å². The van der Waals surface area contributed by atoms with Crippen LogP contribution in [0.2, 0.25) is 0 Å². The lowest BCUT2D eigenvalue weighted by Gasteiger charge is -2.03. The number of amides is 2. The number of ether oxygens (including phenoxy) is 2. The number of imide groups is 1. The predicted octanol–water partition coefficient (Wildman–Crippen LogP) is 2.44. The molecule has 0 fully saturated rings. The summed E-state index contributed by atoms with van der Waals surface area (Å²) in [5, 5.41) is 10.5. The number of carbonyl (C=O) groups excluding carboxylic acids is 2. The van der Waals surface area contributed by atoms with Gasteiger partial charge in [0, 0.05) is 5.56 Å². The van der Waals surface area contributed by atoms with Gasteiger partial charge in [-0.3, -0.25) is 14.9 Å². The molecule has 2 heterocycles. The predicted molar refractivity (Wildman–Crippen MR) is 99.9 cm³/mol. The van der Waals surface area contributed by atoms with Crippen LogP contribution in [-0.4, -0.2) is 34.6 Å². The summed E-state index contributed by atoms with van der Waals surface area (Å²) in [4.78, 5) is 23.9. The molecule has 0 bridgehead atoms. The van der Waals surface area contributed by atoms with E-state index in [-0.39, 0.29) is 30.1 Å². The minimum Gasteiger partial charge on any atom is -0.454 e. The van der Waals surface area contributed by atoms with Crippen LogP contribution in [0.15, 0.2) is 58.2 Å². The Balaban J connectivity index is 1.29. The third-order valence-electron chi connectivity index (χ3n) is 3.84. The van der Waals surface area contributed by atoms with Gasteiger partial charge in [-0.25, -0.2) is 0 Å². The largest absolute Gasteiger partial charge is 0.454 e. The molecule has 1 aromatic heterocycles. The summed E-state index contributed by atoms with van der Waals surface area (Å²) in [5.74, 6) is 0.790. The number of rotatable bonds is 6. The number of thioether (sulfide) groups is 1. The fraction of sp³-hybridized carbons (Fsp3) is 0.158. The number of aromatic nitrogens is 2. The van der Waals surface area contributed by atoms with Crippen molar-refractivity contribution in [2.45, 2.75) is 11.6 Å². The van der Waals surface area contributed by atoms with Crippen LogP contribution in [-0.2, 0) is 16.0 Å². The fourth-order valence-corrected chi connectivity index (χ4v) is 3.12. The second kappa shape index (κ2) is 8.13. The molecule has 3 aromatic rings. The minimum absolute atomic E-state index is 0.0106. The zero-order valence-corrected chi connectivity index (χ0v) is 15.4. The lowest BCUT2D eigenvalue weighted by molar-refractivity contribution is -0.128. The van der Waals surface area contributed by atoms with Gasteiger partial charge in [-0.05, 0) is 23.8 Å². The smallest absolute Gasteiger partial charge is 0.277 e. The Kier molecular flexibility index (Phi) is 5.24. The first-order chi connectivity index (χ1) is 13.7. The number of benzene rings is 2. The Morgan fingerprint density at radius 1 is 1.00 bits per heavy atom. The van der Waals surface area contributed by atoms with Gasteiger partial charge in [-0.1, -0.05) is 42.1 Å². The van der Waals surface area contributed by atoms with E-state index in [9.17, 15) is 9.59 Å². The van der Waals surface area contributed by atoms with Crippen LogP contribution in [0, 0.1) is 0 Å². The standard InChI is InChI=1S/C19H15N3O5S/c23-16(8-12-4-2-1-3-5-12)20-17(24)10-28-19-22-21-18(27-19)13-6-7-14-15(9-13)26-11-25-14/h1-7,9H,8,10-11H2,(H,20,23,24). The zero-order chi connectivity index (χ0) is 19.3. The second-order valence-corrected chi connectivity index (χ2v) is 6.79. The van der Waals surface area contributed by atoms with E-state index in [0.717, 1.165) is 17.3 Å². The van der Waals surface area contributed by atoms with Crippen molar-refractivity contribution in [2.75, 3.05) is 12.5 Å². The fourth-order valence-electron chi connectivity index (χ4n) is 2.56. The molecule has 9 heteroatoms. The van der Waals surface area contributed by atoms with Gasteiger partial charge in [0.1, 0.15) is 0 Å². The topological polar surface area (TPSA) is 104 Å². The summed E-state index contributed by atoms with van der Waals surface area (Å²) in [6.45, 7) is 0.182. The van der Waals surface area contributed by atoms with E-state index >= 15 is 0 Å². The summed E-state index contributed by atoms with van der Waals surface area (Å²) in [7, 11) is 0. The molecule has 0 spiro atoms. The van der Waals surface area contributed by atoms with Crippen LogP contribution in [0.4, 0.5) is 0 Å². The first-order valence-electron chi connectivity index (χ1n) is 8.40. The normalized spacial score (nSPS) is 12.0. The van der Waals surface area contributed by atoms with Crippen LogP contribution in [0.5, 0.6) is 11.5 Å². The summed E-state index contributed by atoms with van der Waals surface area (Å²) in [6.07, 6.45) is 0.145. The van der Waals surface area contributed by atoms with Crippen LogP contribution >= 0.6 is 11.8 Å². The number of nitrogens with one attached hydrogen (secondary N) is 1. The van der Waals surface area contributed by atoms with Crippen molar-refractivity contribution in [3.63, 3.8) is 0 Å². The number of carbonyl (C=O) groups is 2. The molecule has 2 aromatic carbocycles. The van der Waals surface area contributed by atoms with Crippen molar-refractivity contribution < 1.29 is 23.5 Å². The number of hydrogen-bond donors (Lipinski definition) is 1. The van der Waals surface area contributed by atoms with Gasteiger partial charge in [0.25, 0.3) is 5.22 Å². The van der Waals surface area contributed by atoms with Crippen molar-refractivity contribution in [1.29, 1.82) is 0 Å². The van der Waals surface area contributed by atoms with Gasteiger partial charge >= 0.3 is 0 Å². The quantitative estimate of drug-likeness (QED) is 0.633. The molecule has 1 aliphatic rings. The molecule has 2 amide bonds. The Morgan fingerprint density at radius 3 is 2.68 bits per heavy atom. The van der Waals surface area contributed by atoms with E-state index < -0.39 is 5.91 Å². The SMILES string of the molecule is O=C(CSc1nnc(-c2ccc3c(c2)OCO3)o1)NC(=O)Cc1ccccc1. The third kappa shape index (κ3) is 4.32. The highest BCUT2D eigenvalue weighted by Gasteiger charge is 2.17. The van der Waals surface area contributed by atoms with E-state index in [1.54, 1.807) is 18.2 Å². The molecule has 0 unspecified atom stereocenters. The Morgan fingerprint density at radius 2 is 1.82 bits per heavy atom. The van der Waals surface area contributed by atoms with Gasteiger partial charge in [-0.15, -0.1) is 10.2 Å². The molecule has 142 valence electrons. The highest BCUT2D eigenvalue weighted by atomic mass is 32.2. The molecule has 0 saturated carbocycles. The van der Waals surface area contributed by atoms with Gasteiger partial charge in [0.15, 0.2) is 11.5 Å². The van der Waals surface area contributed by atoms with Gasteiger partial charge < -0.3 is 13.9 Å². The van der Waals surface area contributed by atoms with Crippen LogP contribution in [0.25, 0.3) is 11.5 Å². The molecule has 0 aliphatic carbocycles. The summed E-state index contributed by atoms with van der Waals surface area (Å²) >= 11 is 1.06. The Bertz CT molecular complexity index is 1010. The maximum Gasteiger partial charge on any atom is 0.277 e. The van der Waals surface area contributed by atoms with Crippen molar-refractivity contribution in [3.05, 3.63) is 54.1 Å². The summed E-state index contributed by atoms with van der Waals surface area (Å²) in [5.41, 5.74) is 1.52. The minimum atomic E-state index is -0.422. The van der Waals surface area contributed by atoms with Crippen LogP contribution < -0.4 is 14.8 Å². The second-order valence-electron chi connectivity index (χ2n) is 5.86. The zero-order valence-electron chi connectivity index (χ0n) is 14.6. The van der Waals surface area contributed by atoms with E-state index in [0.29, 0.717) is 23.0 Å². The highest BCUT2D eigenvalue weighted by Crippen LogP contribution is 2.35.